The molecule has 1 aromatic heterocycles. The number of benzene rings is 1. The molecule has 0 saturated heterocycles. The number of halogens is 1. The number of rotatable bonds is 2. The minimum atomic E-state index is -1.05. The summed E-state index contributed by atoms with van der Waals surface area (Å²) in [6, 6.07) is 5.88. The van der Waals surface area contributed by atoms with Gasteiger partial charge in [-0.3, -0.25) is 0 Å². The Balaban J connectivity index is 2.74. The van der Waals surface area contributed by atoms with Gasteiger partial charge in [0.2, 0.25) is 0 Å². The average molecular weight is 307 g/mol. The Kier molecular flexibility index (Phi) is 3.85. The molecule has 1 aromatic carbocycles. The summed E-state index contributed by atoms with van der Waals surface area (Å²) in [4.78, 5) is 11.5. The van der Waals surface area contributed by atoms with E-state index in [9.17, 15) is 9.90 Å². The van der Waals surface area contributed by atoms with Crippen LogP contribution in [0.1, 0.15) is 48.0 Å². The molecule has 0 bridgehead atoms. The highest BCUT2D eigenvalue weighted by molar-refractivity contribution is 6.33. The van der Waals surface area contributed by atoms with E-state index in [0.29, 0.717) is 5.69 Å². The fourth-order valence-electron chi connectivity index (χ4n) is 2.31. The van der Waals surface area contributed by atoms with Crippen LogP contribution in [-0.4, -0.2) is 20.9 Å². The maximum atomic E-state index is 11.5. The van der Waals surface area contributed by atoms with Crippen molar-refractivity contribution in [1.82, 2.24) is 9.78 Å². The second-order valence-electron chi connectivity index (χ2n) is 6.27. The fraction of sp³-hybridized carbons (Fsp3) is 0.375. The first-order chi connectivity index (χ1) is 9.62. The van der Waals surface area contributed by atoms with Crippen LogP contribution in [-0.2, 0) is 5.41 Å². The molecule has 112 valence electrons. The Labute approximate surface area is 129 Å². The smallest absolute Gasteiger partial charge is 0.340 e. The predicted molar refractivity (Wildman–Crippen MR) is 83.7 cm³/mol. The van der Waals surface area contributed by atoms with Crippen molar-refractivity contribution < 1.29 is 9.90 Å². The zero-order valence-electron chi connectivity index (χ0n) is 12.9. The Morgan fingerprint density at radius 3 is 2.33 bits per heavy atom. The minimum absolute atomic E-state index is 0.0733. The molecule has 21 heavy (non-hydrogen) atoms. The third-order valence-electron chi connectivity index (χ3n) is 3.33. The molecule has 0 spiro atoms. The van der Waals surface area contributed by atoms with Gasteiger partial charge < -0.3 is 5.11 Å². The van der Waals surface area contributed by atoms with Crippen LogP contribution in [0.15, 0.2) is 18.2 Å². The lowest BCUT2D eigenvalue weighted by Crippen LogP contribution is -2.16. The van der Waals surface area contributed by atoms with Gasteiger partial charge in [0.25, 0.3) is 0 Å². The molecule has 0 aliphatic rings. The molecule has 0 saturated carbocycles. The van der Waals surface area contributed by atoms with Crippen molar-refractivity contribution in [2.75, 3.05) is 0 Å². The van der Waals surface area contributed by atoms with E-state index in [2.05, 4.69) is 5.10 Å². The number of hydrogen-bond acceptors (Lipinski definition) is 2. The molecule has 5 heteroatoms. The number of carbonyl (C=O) groups is 1. The highest BCUT2D eigenvalue weighted by atomic mass is 35.5. The monoisotopic (exact) mass is 306 g/mol. The molecule has 0 fully saturated rings. The van der Waals surface area contributed by atoms with Gasteiger partial charge in [-0.15, -0.1) is 0 Å². The van der Waals surface area contributed by atoms with Crippen LogP contribution in [0.4, 0.5) is 0 Å². The molecule has 0 radical (unpaired) electrons. The van der Waals surface area contributed by atoms with Gasteiger partial charge in [0.15, 0.2) is 0 Å². The first-order valence-corrected chi connectivity index (χ1v) is 7.10. The average Bonchev–Trinajstić information content (AvgIpc) is 2.67. The second-order valence-corrected chi connectivity index (χ2v) is 6.63. The van der Waals surface area contributed by atoms with Crippen LogP contribution in [0, 0.1) is 13.8 Å². The van der Waals surface area contributed by atoms with Gasteiger partial charge in [-0.1, -0.05) is 50.1 Å². The number of aryl methyl sites for hydroxylation is 2. The maximum Gasteiger partial charge on any atom is 0.340 e. The summed E-state index contributed by atoms with van der Waals surface area (Å²) in [6.07, 6.45) is 0. The quantitative estimate of drug-likeness (QED) is 0.907. The highest BCUT2D eigenvalue weighted by Gasteiger charge is 2.30. The minimum Gasteiger partial charge on any atom is -0.478 e. The number of aromatic nitrogens is 2. The summed E-state index contributed by atoms with van der Waals surface area (Å²) in [5.74, 6) is -1.05. The molecule has 0 aliphatic heterocycles. The van der Waals surface area contributed by atoms with E-state index in [-0.39, 0.29) is 10.7 Å². The molecular weight excluding hydrogens is 288 g/mol. The number of aromatic carboxylic acids is 1. The van der Waals surface area contributed by atoms with Gasteiger partial charge >= 0.3 is 5.97 Å². The van der Waals surface area contributed by atoms with Crippen LogP contribution in [0.3, 0.4) is 0 Å². The Bertz CT molecular complexity index is 712. The summed E-state index contributed by atoms with van der Waals surface area (Å²) >= 11 is 6.30. The number of nitrogens with zero attached hydrogens (tertiary/aromatic N) is 2. The number of carboxylic acid groups (broad SMARTS) is 1. The van der Waals surface area contributed by atoms with E-state index in [4.69, 9.17) is 11.6 Å². The lowest BCUT2D eigenvalue weighted by atomic mass is 9.89. The van der Waals surface area contributed by atoms with Gasteiger partial charge in [0, 0.05) is 5.41 Å². The normalized spacial score (nSPS) is 11.7. The number of hydrogen-bond donors (Lipinski definition) is 1. The van der Waals surface area contributed by atoms with Crippen molar-refractivity contribution in [3.8, 4) is 5.69 Å². The van der Waals surface area contributed by atoms with Crippen molar-refractivity contribution >= 4 is 17.6 Å². The van der Waals surface area contributed by atoms with E-state index < -0.39 is 11.4 Å². The highest BCUT2D eigenvalue weighted by Crippen LogP contribution is 2.32. The zero-order chi connectivity index (χ0) is 15.9. The lowest BCUT2D eigenvalue weighted by molar-refractivity contribution is 0.0694. The van der Waals surface area contributed by atoms with E-state index in [0.717, 1.165) is 16.8 Å². The zero-order valence-corrected chi connectivity index (χ0v) is 13.6. The SMILES string of the molecule is Cc1ccc(-n2nc(C(C)(C)C)c(C(=O)O)c2Cl)c(C)c1. The van der Waals surface area contributed by atoms with E-state index in [1.807, 2.05) is 52.8 Å². The Morgan fingerprint density at radius 1 is 1.29 bits per heavy atom. The fourth-order valence-corrected chi connectivity index (χ4v) is 2.61. The largest absolute Gasteiger partial charge is 0.478 e. The lowest BCUT2D eigenvalue weighted by Gasteiger charge is -2.16. The molecule has 4 nitrogen and oxygen atoms in total. The predicted octanol–water partition coefficient (Wildman–Crippen LogP) is 4.14. The third-order valence-corrected chi connectivity index (χ3v) is 3.68. The van der Waals surface area contributed by atoms with Crippen molar-refractivity contribution in [3.63, 3.8) is 0 Å². The van der Waals surface area contributed by atoms with Crippen LogP contribution in [0.25, 0.3) is 5.69 Å². The molecular formula is C16H19ClN2O2. The van der Waals surface area contributed by atoms with Crippen molar-refractivity contribution in [2.24, 2.45) is 0 Å². The summed E-state index contributed by atoms with van der Waals surface area (Å²) < 4.78 is 1.51. The molecule has 2 aromatic rings. The molecule has 0 unspecified atom stereocenters. The van der Waals surface area contributed by atoms with Gasteiger partial charge in [-0.2, -0.15) is 5.10 Å². The summed E-state index contributed by atoms with van der Waals surface area (Å²) in [7, 11) is 0. The third kappa shape index (κ3) is 2.81. The summed E-state index contributed by atoms with van der Waals surface area (Å²) in [5, 5.41) is 14.1. The van der Waals surface area contributed by atoms with E-state index in [1.54, 1.807) is 0 Å². The van der Waals surface area contributed by atoms with Crippen LogP contribution >= 0.6 is 11.6 Å². The van der Waals surface area contributed by atoms with Crippen LogP contribution in [0.2, 0.25) is 5.15 Å². The number of carboxylic acids is 1. The van der Waals surface area contributed by atoms with Gasteiger partial charge in [0.1, 0.15) is 10.7 Å². The molecule has 0 amide bonds. The first kappa shape index (κ1) is 15.6. The van der Waals surface area contributed by atoms with Gasteiger partial charge in [-0.25, -0.2) is 9.48 Å². The maximum absolute atomic E-state index is 11.5. The standard InChI is InChI=1S/C16H19ClN2O2/c1-9-6-7-11(10(2)8-9)19-14(17)12(15(20)21)13(18-19)16(3,4)5/h6-8H,1-5H3,(H,20,21). The van der Waals surface area contributed by atoms with E-state index >= 15 is 0 Å². The van der Waals surface area contributed by atoms with Gasteiger partial charge in [0.05, 0.1) is 11.4 Å². The first-order valence-electron chi connectivity index (χ1n) is 6.73. The molecule has 1 N–H and O–H groups in total. The molecule has 2 rings (SSSR count). The van der Waals surface area contributed by atoms with Crippen molar-refractivity contribution in [1.29, 1.82) is 0 Å². The Hall–Kier alpha value is -1.81. The Morgan fingerprint density at radius 2 is 1.90 bits per heavy atom. The van der Waals surface area contributed by atoms with Gasteiger partial charge in [-0.05, 0) is 25.5 Å². The molecule has 0 aliphatic carbocycles. The van der Waals surface area contributed by atoms with Crippen LogP contribution < -0.4 is 0 Å². The molecule has 1 heterocycles. The second kappa shape index (κ2) is 5.19. The molecule has 0 atom stereocenters. The van der Waals surface area contributed by atoms with Crippen molar-refractivity contribution in [2.45, 2.75) is 40.0 Å². The van der Waals surface area contributed by atoms with Crippen LogP contribution in [0.5, 0.6) is 0 Å². The summed E-state index contributed by atoms with van der Waals surface area (Å²) in [5.41, 5.74) is 3.08. The van der Waals surface area contributed by atoms with E-state index in [1.165, 1.54) is 4.68 Å². The van der Waals surface area contributed by atoms with Crippen molar-refractivity contribution in [3.05, 3.63) is 45.7 Å². The topological polar surface area (TPSA) is 55.1 Å². The summed E-state index contributed by atoms with van der Waals surface area (Å²) in [6.45, 7) is 9.72.